The number of Topliss-reactive ketones (excluding diaryl/α,β-unsaturated/α-hetero) is 1. The molecule has 2 N–H and O–H groups in total. The molecular formula is C22H23N3O4. The van der Waals surface area contributed by atoms with Crippen molar-refractivity contribution in [3.63, 3.8) is 0 Å². The lowest BCUT2D eigenvalue weighted by molar-refractivity contribution is -0.125. The van der Waals surface area contributed by atoms with Gasteiger partial charge in [0, 0.05) is 24.1 Å². The summed E-state index contributed by atoms with van der Waals surface area (Å²) in [6.07, 6.45) is 0.196. The predicted molar refractivity (Wildman–Crippen MR) is 109 cm³/mol. The van der Waals surface area contributed by atoms with Gasteiger partial charge in [0.05, 0.1) is 13.1 Å². The first kappa shape index (κ1) is 20.3. The molecule has 0 aliphatic carbocycles. The largest absolute Gasteiger partial charge is 0.329 e. The van der Waals surface area contributed by atoms with Crippen LogP contribution in [0.1, 0.15) is 39.9 Å². The first-order chi connectivity index (χ1) is 13.8. The van der Waals surface area contributed by atoms with E-state index in [-0.39, 0.29) is 43.5 Å². The molecule has 1 aliphatic heterocycles. The van der Waals surface area contributed by atoms with Gasteiger partial charge in [-0.25, -0.2) is 4.79 Å². The number of ketones is 1. The van der Waals surface area contributed by atoms with Crippen LogP contribution in [-0.4, -0.2) is 35.1 Å². The third-order valence-electron chi connectivity index (χ3n) is 4.76. The van der Waals surface area contributed by atoms with Gasteiger partial charge in [-0.3, -0.25) is 19.3 Å². The van der Waals surface area contributed by atoms with Crippen LogP contribution in [0.3, 0.4) is 0 Å². The third kappa shape index (κ3) is 5.07. The monoisotopic (exact) mass is 393 g/mol. The van der Waals surface area contributed by atoms with Gasteiger partial charge in [0.15, 0.2) is 5.78 Å². The number of nitrogens with zero attached hydrogens (tertiary/aromatic N) is 1. The molecule has 3 rings (SSSR count). The van der Waals surface area contributed by atoms with E-state index in [1.807, 2.05) is 32.0 Å². The van der Waals surface area contributed by atoms with Crippen LogP contribution >= 0.6 is 0 Å². The number of anilines is 1. The zero-order valence-corrected chi connectivity index (χ0v) is 16.5. The standard InChI is InChI=1S/C22H23N3O4/c1-14-6-7-15(2)18(10-14)19(26)8-9-20(27)24-17-5-3-4-16(11-17)13-25-21(28)12-23-22(25)29/h3-7,10-11H,8-9,12-13H2,1-2H3,(H,23,29)(H,24,27). The van der Waals surface area contributed by atoms with Crippen LogP contribution in [0.4, 0.5) is 10.5 Å². The SMILES string of the molecule is Cc1ccc(C)c(C(=O)CCC(=O)Nc2cccc(CN3C(=O)CNC3=O)c2)c1. The van der Waals surface area contributed by atoms with Crippen molar-refractivity contribution in [1.82, 2.24) is 10.2 Å². The van der Waals surface area contributed by atoms with Crippen LogP contribution in [0.5, 0.6) is 0 Å². The Morgan fingerprint density at radius 3 is 2.59 bits per heavy atom. The Labute approximate surface area is 169 Å². The molecule has 4 amide bonds. The van der Waals surface area contributed by atoms with E-state index in [4.69, 9.17) is 0 Å². The van der Waals surface area contributed by atoms with Gasteiger partial charge in [0.2, 0.25) is 11.8 Å². The molecule has 1 saturated heterocycles. The fourth-order valence-electron chi connectivity index (χ4n) is 3.17. The molecule has 0 bridgehead atoms. The van der Waals surface area contributed by atoms with Crippen molar-refractivity contribution in [2.75, 3.05) is 11.9 Å². The minimum absolute atomic E-state index is 0.00367. The molecule has 29 heavy (non-hydrogen) atoms. The molecule has 0 aromatic heterocycles. The smallest absolute Gasteiger partial charge is 0.324 e. The normalized spacial score (nSPS) is 13.4. The second-order valence-electron chi connectivity index (χ2n) is 7.13. The van der Waals surface area contributed by atoms with Gasteiger partial charge in [-0.2, -0.15) is 0 Å². The van der Waals surface area contributed by atoms with Crippen LogP contribution in [0.25, 0.3) is 0 Å². The van der Waals surface area contributed by atoms with Gasteiger partial charge >= 0.3 is 6.03 Å². The summed E-state index contributed by atoms with van der Waals surface area (Å²) in [5.41, 5.74) is 3.83. The van der Waals surface area contributed by atoms with Crippen molar-refractivity contribution in [2.24, 2.45) is 0 Å². The molecule has 2 aromatic carbocycles. The van der Waals surface area contributed by atoms with Crippen molar-refractivity contribution >= 4 is 29.3 Å². The van der Waals surface area contributed by atoms with E-state index in [0.717, 1.165) is 21.6 Å². The van der Waals surface area contributed by atoms with E-state index < -0.39 is 6.03 Å². The molecule has 7 nitrogen and oxygen atoms in total. The van der Waals surface area contributed by atoms with Crippen molar-refractivity contribution in [3.05, 3.63) is 64.7 Å². The second-order valence-corrected chi connectivity index (χ2v) is 7.13. The highest BCUT2D eigenvalue weighted by molar-refractivity contribution is 6.02. The topological polar surface area (TPSA) is 95.6 Å². The summed E-state index contributed by atoms with van der Waals surface area (Å²) in [6.45, 7) is 3.95. The Balaban J connectivity index is 1.57. The van der Waals surface area contributed by atoms with Gasteiger partial charge in [-0.1, -0.05) is 29.8 Å². The number of aryl methyl sites for hydroxylation is 2. The van der Waals surface area contributed by atoms with Crippen molar-refractivity contribution in [2.45, 2.75) is 33.2 Å². The highest BCUT2D eigenvalue weighted by atomic mass is 16.2. The Hall–Kier alpha value is -3.48. The molecule has 1 fully saturated rings. The molecule has 0 saturated carbocycles. The predicted octanol–water partition coefficient (Wildman–Crippen LogP) is 2.96. The average molecular weight is 393 g/mol. The lowest BCUT2D eigenvalue weighted by atomic mass is 9.99. The minimum Gasteiger partial charge on any atom is -0.329 e. The van der Waals surface area contributed by atoms with E-state index in [1.54, 1.807) is 24.3 Å². The number of carbonyl (C=O) groups excluding carboxylic acids is 4. The number of carbonyl (C=O) groups is 4. The Kier molecular flexibility index (Phi) is 6.07. The van der Waals surface area contributed by atoms with Crippen LogP contribution in [0, 0.1) is 13.8 Å². The summed E-state index contributed by atoms with van der Waals surface area (Å²) in [4.78, 5) is 49.2. The lowest BCUT2D eigenvalue weighted by Gasteiger charge is -2.13. The van der Waals surface area contributed by atoms with E-state index in [1.165, 1.54) is 0 Å². The first-order valence-electron chi connectivity index (χ1n) is 9.41. The number of benzene rings is 2. The van der Waals surface area contributed by atoms with Crippen LogP contribution in [0.15, 0.2) is 42.5 Å². The first-order valence-corrected chi connectivity index (χ1v) is 9.41. The molecule has 2 aromatic rings. The fourth-order valence-corrected chi connectivity index (χ4v) is 3.17. The number of nitrogens with one attached hydrogen (secondary N) is 2. The number of hydrogen-bond donors (Lipinski definition) is 2. The average Bonchev–Trinajstić information content (AvgIpc) is 3.00. The summed E-state index contributed by atoms with van der Waals surface area (Å²) in [5, 5.41) is 5.24. The molecule has 7 heteroatoms. The van der Waals surface area contributed by atoms with E-state index in [2.05, 4.69) is 10.6 Å². The summed E-state index contributed by atoms with van der Waals surface area (Å²) in [6, 6.07) is 12.2. The van der Waals surface area contributed by atoms with Gasteiger partial charge in [-0.15, -0.1) is 0 Å². The fraction of sp³-hybridized carbons (Fsp3) is 0.273. The minimum atomic E-state index is -0.422. The van der Waals surface area contributed by atoms with Crippen LogP contribution in [-0.2, 0) is 16.1 Å². The van der Waals surface area contributed by atoms with E-state index >= 15 is 0 Å². The molecular weight excluding hydrogens is 370 g/mol. The Bertz CT molecular complexity index is 968. The number of urea groups is 1. The van der Waals surface area contributed by atoms with Crippen LogP contribution in [0.2, 0.25) is 0 Å². The van der Waals surface area contributed by atoms with Gasteiger partial charge in [0.25, 0.3) is 0 Å². The molecule has 1 heterocycles. The van der Waals surface area contributed by atoms with E-state index in [9.17, 15) is 19.2 Å². The van der Waals surface area contributed by atoms with Gasteiger partial charge < -0.3 is 10.6 Å². The zero-order chi connectivity index (χ0) is 21.0. The highest BCUT2D eigenvalue weighted by Crippen LogP contribution is 2.16. The van der Waals surface area contributed by atoms with Crippen molar-refractivity contribution in [1.29, 1.82) is 0 Å². The summed E-state index contributed by atoms with van der Waals surface area (Å²) >= 11 is 0. The number of imide groups is 1. The van der Waals surface area contributed by atoms with Gasteiger partial charge in [-0.05, 0) is 43.2 Å². The molecule has 150 valence electrons. The maximum absolute atomic E-state index is 12.4. The highest BCUT2D eigenvalue weighted by Gasteiger charge is 2.28. The summed E-state index contributed by atoms with van der Waals surface area (Å²) in [7, 11) is 0. The van der Waals surface area contributed by atoms with Crippen molar-refractivity contribution < 1.29 is 19.2 Å². The summed E-state index contributed by atoms with van der Waals surface area (Å²) in [5.74, 6) is -0.612. The maximum atomic E-state index is 12.4. The van der Waals surface area contributed by atoms with Crippen molar-refractivity contribution in [3.8, 4) is 0 Å². The number of rotatable bonds is 7. The lowest BCUT2D eigenvalue weighted by Crippen LogP contribution is -2.30. The molecule has 0 spiro atoms. The molecule has 0 radical (unpaired) electrons. The van der Waals surface area contributed by atoms with Gasteiger partial charge in [0.1, 0.15) is 0 Å². The Morgan fingerprint density at radius 2 is 1.86 bits per heavy atom. The van der Waals surface area contributed by atoms with Crippen LogP contribution < -0.4 is 10.6 Å². The maximum Gasteiger partial charge on any atom is 0.324 e. The van der Waals surface area contributed by atoms with E-state index in [0.29, 0.717) is 11.3 Å². The molecule has 1 aliphatic rings. The summed E-state index contributed by atoms with van der Waals surface area (Å²) < 4.78 is 0. The zero-order valence-electron chi connectivity index (χ0n) is 16.5. The molecule has 0 unspecified atom stereocenters. The molecule has 0 atom stereocenters. The Morgan fingerprint density at radius 1 is 1.07 bits per heavy atom. The second kappa shape index (κ2) is 8.68. The quantitative estimate of drug-likeness (QED) is 0.558. The number of hydrogen-bond acceptors (Lipinski definition) is 4. The third-order valence-corrected chi connectivity index (χ3v) is 4.76. The number of amides is 4.